The van der Waals surface area contributed by atoms with Gasteiger partial charge in [-0.2, -0.15) is 0 Å². The molecule has 130 valence electrons. The van der Waals surface area contributed by atoms with Gasteiger partial charge in [0.15, 0.2) is 0 Å². The zero-order valence-electron chi connectivity index (χ0n) is 15.1. The Kier molecular flexibility index (Phi) is 3.56. The minimum absolute atomic E-state index is 0.0592. The molecule has 0 unspecified atom stereocenters. The van der Waals surface area contributed by atoms with E-state index in [1.165, 1.54) is 12.5 Å². The first kappa shape index (κ1) is 16.1. The van der Waals surface area contributed by atoms with Gasteiger partial charge in [0, 0.05) is 25.2 Å². The van der Waals surface area contributed by atoms with Gasteiger partial charge in [0.1, 0.15) is 11.5 Å². The SMILES string of the molecule is CC(=O)OC1=CC2=CC[C@@H]3[C@@H](CC[C@]4(C)C(=O)CC[C@@H]34)[C@@]2(C)CC1. The maximum absolute atomic E-state index is 12.4. The quantitative estimate of drug-likeness (QED) is 0.662. The summed E-state index contributed by atoms with van der Waals surface area (Å²) in [6, 6.07) is 0. The molecule has 0 aromatic heterocycles. The van der Waals surface area contributed by atoms with Crippen LogP contribution in [0.4, 0.5) is 0 Å². The van der Waals surface area contributed by atoms with Gasteiger partial charge in [0.2, 0.25) is 0 Å². The molecule has 0 saturated heterocycles. The fourth-order valence-corrected chi connectivity index (χ4v) is 6.34. The number of hydrogen-bond acceptors (Lipinski definition) is 3. The van der Waals surface area contributed by atoms with Gasteiger partial charge in [-0.1, -0.05) is 19.9 Å². The number of rotatable bonds is 1. The Labute approximate surface area is 144 Å². The van der Waals surface area contributed by atoms with Crippen LogP contribution >= 0.6 is 0 Å². The van der Waals surface area contributed by atoms with Crippen molar-refractivity contribution in [3.05, 3.63) is 23.5 Å². The molecular formula is C21H28O3. The van der Waals surface area contributed by atoms with Gasteiger partial charge < -0.3 is 4.74 Å². The number of fused-ring (bicyclic) bond motifs is 5. The van der Waals surface area contributed by atoms with Crippen molar-refractivity contribution in [1.29, 1.82) is 0 Å². The molecule has 0 aliphatic heterocycles. The maximum Gasteiger partial charge on any atom is 0.307 e. The number of carbonyl (C=O) groups is 2. The maximum atomic E-state index is 12.4. The van der Waals surface area contributed by atoms with E-state index in [1.54, 1.807) is 0 Å². The van der Waals surface area contributed by atoms with Crippen molar-refractivity contribution in [2.24, 2.45) is 28.6 Å². The van der Waals surface area contributed by atoms with E-state index in [2.05, 4.69) is 26.0 Å². The highest BCUT2D eigenvalue weighted by Crippen LogP contribution is 2.63. The van der Waals surface area contributed by atoms with Crippen molar-refractivity contribution in [2.75, 3.05) is 0 Å². The van der Waals surface area contributed by atoms with Crippen molar-refractivity contribution >= 4 is 11.8 Å². The van der Waals surface area contributed by atoms with Gasteiger partial charge in [0.25, 0.3) is 0 Å². The Morgan fingerprint density at radius 2 is 1.88 bits per heavy atom. The number of Topliss-reactive ketones (excluding diaryl/α,β-unsaturated/α-hetero) is 1. The van der Waals surface area contributed by atoms with Crippen LogP contribution in [-0.4, -0.2) is 11.8 Å². The Morgan fingerprint density at radius 3 is 2.62 bits per heavy atom. The Bertz CT molecular complexity index is 658. The molecule has 4 aliphatic rings. The molecule has 0 heterocycles. The largest absolute Gasteiger partial charge is 0.431 e. The van der Waals surface area contributed by atoms with Crippen LogP contribution in [0.1, 0.15) is 65.7 Å². The lowest BCUT2D eigenvalue weighted by Gasteiger charge is -2.55. The third-order valence-electron chi connectivity index (χ3n) is 7.72. The van der Waals surface area contributed by atoms with Crippen molar-refractivity contribution < 1.29 is 14.3 Å². The summed E-state index contributed by atoms with van der Waals surface area (Å²) in [5, 5.41) is 0. The number of hydrogen-bond donors (Lipinski definition) is 0. The summed E-state index contributed by atoms with van der Waals surface area (Å²) in [6.45, 7) is 6.10. The van der Waals surface area contributed by atoms with Crippen molar-refractivity contribution in [1.82, 2.24) is 0 Å². The minimum atomic E-state index is -0.225. The third-order valence-corrected chi connectivity index (χ3v) is 7.72. The Morgan fingerprint density at radius 1 is 1.12 bits per heavy atom. The van der Waals surface area contributed by atoms with Crippen LogP contribution in [0, 0.1) is 28.6 Å². The zero-order chi connectivity index (χ0) is 17.1. The predicted octanol–water partition coefficient (Wildman–Crippen LogP) is 4.58. The van der Waals surface area contributed by atoms with Crippen molar-refractivity contribution in [3.8, 4) is 0 Å². The van der Waals surface area contributed by atoms with Gasteiger partial charge in [-0.05, 0) is 66.9 Å². The van der Waals surface area contributed by atoms with Crippen LogP contribution in [-0.2, 0) is 14.3 Å². The second-order valence-electron chi connectivity index (χ2n) is 8.81. The molecule has 3 nitrogen and oxygen atoms in total. The highest BCUT2D eigenvalue weighted by molar-refractivity contribution is 5.87. The topological polar surface area (TPSA) is 43.4 Å². The molecule has 3 heteroatoms. The third kappa shape index (κ3) is 2.16. The first-order chi connectivity index (χ1) is 11.3. The van der Waals surface area contributed by atoms with E-state index < -0.39 is 0 Å². The average Bonchev–Trinajstić information content (AvgIpc) is 2.83. The fraction of sp³-hybridized carbons (Fsp3) is 0.714. The second kappa shape index (κ2) is 5.31. The van der Waals surface area contributed by atoms with Crippen molar-refractivity contribution in [2.45, 2.75) is 65.7 Å². The average molecular weight is 328 g/mol. The van der Waals surface area contributed by atoms with Crippen LogP contribution in [0.3, 0.4) is 0 Å². The number of carbonyl (C=O) groups excluding carboxylic acids is 2. The van der Waals surface area contributed by atoms with Crippen LogP contribution in [0.25, 0.3) is 0 Å². The summed E-state index contributed by atoms with van der Waals surface area (Å²) in [5.41, 5.74) is 1.48. The number of ketones is 1. The normalized spacial score (nSPS) is 44.0. The minimum Gasteiger partial charge on any atom is -0.431 e. The zero-order valence-corrected chi connectivity index (χ0v) is 15.1. The van der Waals surface area contributed by atoms with Gasteiger partial charge in [-0.15, -0.1) is 0 Å². The lowest BCUT2D eigenvalue weighted by molar-refractivity contribution is -0.137. The molecule has 5 atom stereocenters. The summed E-state index contributed by atoms with van der Waals surface area (Å²) in [7, 11) is 0. The standard InChI is InChI=1S/C21H28O3/c1-13(22)24-15-8-10-20(2)14(12-15)4-5-16-17-6-7-19(23)21(17,3)11-9-18(16)20/h4,12,16-18H,5-11H2,1-3H3/t16-,17-,18+,20-,21-/m0/s1. The molecular weight excluding hydrogens is 300 g/mol. The Balaban J connectivity index is 1.66. The van der Waals surface area contributed by atoms with Gasteiger partial charge in [0.05, 0.1) is 0 Å². The first-order valence-corrected chi connectivity index (χ1v) is 9.47. The van der Waals surface area contributed by atoms with E-state index in [0.29, 0.717) is 23.5 Å². The summed E-state index contributed by atoms with van der Waals surface area (Å²) >= 11 is 0. The smallest absolute Gasteiger partial charge is 0.307 e. The molecule has 4 rings (SSSR count). The van der Waals surface area contributed by atoms with Gasteiger partial charge >= 0.3 is 5.97 Å². The molecule has 0 N–H and O–H groups in total. The van der Waals surface area contributed by atoms with Crippen LogP contribution in [0.15, 0.2) is 23.5 Å². The molecule has 0 spiro atoms. The molecule has 4 aliphatic carbocycles. The summed E-state index contributed by atoms with van der Waals surface area (Å²) in [4.78, 5) is 23.7. The molecule has 0 amide bonds. The van der Waals surface area contributed by atoms with Crippen LogP contribution in [0.2, 0.25) is 0 Å². The van der Waals surface area contributed by atoms with Crippen LogP contribution in [0.5, 0.6) is 0 Å². The van der Waals surface area contributed by atoms with Crippen LogP contribution < -0.4 is 0 Å². The van der Waals surface area contributed by atoms with E-state index in [1.807, 2.05) is 0 Å². The highest BCUT2D eigenvalue weighted by atomic mass is 16.5. The summed E-state index contributed by atoms with van der Waals surface area (Å²) in [5.74, 6) is 2.98. The summed E-state index contributed by atoms with van der Waals surface area (Å²) in [6.07, 6.45) is 11.6. The molecule has 24 heavy (non-hydrogen) atoms. The van der Waals surface area contributed by atoms with Gasteiger partial charge in [-0.25, -0.2) is 0 Å². The summed E-state index contributed by atoms with van der Waals surface area (Å²) < 4.78 is 5.36. The monoisotopic (exact) mass is 328 g/mol. The molecule has 0 aromatic carbocycles. The molecule has 2 saturated carbocycles. The van der Waals surface area contributed by atoms with E-state index in [4.69, 9.17) is 4.74 Å². The Hall–Kier alpha value is -1.38. The fourth-order valence-electron chi connectivity index (χ4n) is 6.34. The lowest BCUT2D eigenvalue weighted by Crippen LogP contribution is -2.49. The number of ether oxygens (including phenoxy) is 1. The predicted molar refractivity (Wildman–Crippen MR) is 91.9 cm³/mol. The van der Waals surface area contributed by atoms with E-state index in [0.717, 1.165) is 50.7 Å². The number of allylic oxidation sites excluding steroid dienone is 4. The number of esters is 1. The highest BCUT2D eigenvalue weighted by Gasteiger charge is 2.58. The molecule has 0 bridgehead atoms. The molecule has 0 radical (unpaired) electrons. The van der Waals surface area contributed by atoms with E-state index in [9.17, 15) is 9.59 Å². The van der Waals surface area contributed by atoms with E-state index >= 15 is 0 Å². The molecule has 0 aromatic rings. The van der Waals surface area contributed by atoms with E-state index in [-0.39, 0.29) is 16.8 Å². The second-order valence-corrected chi connectivity index (χ2v) is 8.81. The van der Waals surface area contributed by atoms with Gasteiger partial charge in [-0.3, -0.25) is 9.59 Å². The first-order valence-electron chi connectivity index (χ1n) is 9.47. The lowest BCUT2D eigenvalue weighted by atomic mass is 9.49. The molecule has 2 fully saturated rings. The van der Waals surface area contributed by atoms with Crippen molar-refractivity contribution in [3.63, 3.8) is 0 Å².